The fourth-order valence-electron chi connectivity index (χ4n) is 2.55. The molecule has 2 aromatic rings. The third-order valence-electron chi connectivity index (χ3n) is 4.21. The second-order valence-electron chi connectivity index (χ2n) is 5.96. The van der Waals surface area contributed by atoms with Gasteiger partial charge in [0.25, 0.3) is 0 Å². The molecule has 2 rings (SSSR count). The van der Waals surface area contributed by atoms with Crippen molar-refractivity contribution in [1.29, 1.82) is 0 Å². The third-order valence-corrected chi connectivity index (χ3v) is 4.21. The van der Waals surface area contributed by atoms with Crippen LogP contribution in [0, 0.1) is 0 Å². The van der Waals surface area contributed by atoms with Crippen molar-refractivity contribution >= 4 is 23.7 Å². The average molecular weight is 418 g/mol. The van der Waals surface area contributed by atoms with Crippen LogP contribution in [-0.2, 0) is 14.3 Å². The highest BCUT2D eigenvalue weighted by Crippen LogP contribution is 2.27. The number of rotatable bonds is 9. The number of carboxylic acid groups (broad SMARTS) is 2. The Labute approximate surface area is 170 Å². The van der Waals surface area contributed by atoms with E-state index in [9.17, 15) is 34.5 Å². The molecule has 0 bridgehead atoms. The van der Waals surface area contributed by atoms with E-state index in [1.165, 1.54) is 50.6 Å². The van der Waals surface area contributed by atoms with E-state index in [1.54, 1.807) is 0 Å². The van der Waals surface area contributed by atoms with Crippen LogP contribution in [0.15, 0.2) is 48.5 Å². The quantitative estimate of drug-likeness (QED) is 0.305. The molecule has 10 heteroatoms. The highest BCUT2D eigenvalue weighted by atomic mass is 16.6. The lowest BCUT2D eigenvalue weighted by Crippen LogP contribution is -2.61. The first-order valence-corrected chi connectivity index (χ1v) is 8.37. The number of aliphatic carboxylic acids is 2. The largest absolute Gasteiger partial charge is 0.497 e. The Balaban J connectivity index is 2.53. The van der Waals surface area contributed by atoms with Crippen LogP contribution >= 0.6 is 0 Å². The highest BCUT2D eigenvalue weighted by Gasteiger charge is 2.59. The molecule has 0 spiro atoms. The number of esters is 1. The molecule has 3 N–H and O–H groups in total. The predicted octanol–water partition coefficient (Wildman–Crippen LogP) is 1.01. The van der Waals surface area contributed by atoms with E-state index in [0.717, 1.165) is 12.1 Å². The number of methoxy groups -OCH3 is 2. The summed E-state index contributed by atoms with van der Waals surface area (Å²) in [7, 11) is 2.75. The molecule has 0 aliphatic heterocycles. The summed E-state index contributed by atoms with van der Waals surface area (Å²) in [6.07, 6.45) is -2.88. The number of hydrogen-bond acceptors (Lipinski definition) is 8. The van der Waals surface area contributed by atoms with Crippen LogP contribution in [0.5, 0.6) is 11.5 Å². The zero-order valence-corrected chi connectivity index (χ0v) is 15.9. The van der Waals surface area contributed by atoms with Crippen LogP contribution in [0.3, 0.4) is 0 Å². The molecule has 158 valence electrons. The van der Waals surface area contributed by atoms with Gasteiger partial charge in [0.1, 0.15) is 11.5 Å². The summed E-state index contributed by atoms with van der Waals surface area (Å²) in [4.78, 5) is 48.9. The topological polar surface area (TPSA) is 157 Å². The normalized spacial score (nSPS) is 13.4. The summed E-state index contributed by atoms with van der Waals surface area (Å²) in [5.41, 5.74) is -3.94. The fourth-order valence-corrected chi connectivity index (χ4v) is 2.55. The number of carbonyl (C=O) groups is 4. The van der Waals surface area contributed by atoms with Gasteiger partial charge in [0.2, 0.25) is 11.9 Å². The first-order chi connectivity index (χ1) is 14.2. The van der Waals surface area contributed by atoms with Crippen LogP contribution in [0.1, 0.15) is 20.7 Å². The minimum atomic E-state index is -3.43. The maximum atomic E-state index is 13.0. The summed E-state index contributed by atoms with van der Waals surface area (Å²) in [6, 6.07) is 10.1. The SMILES string of the molecule is COc1ccc(C(=O)O[C@@](C(=O)O)(C(=O)c2ccc(OC)cc2)[C@@H](O)C(=O)O)cc1. The van der Waals surface area contributed by atoms with Gasteiger partial charge in [0.05, 0.1) is 19.8 Å². The van der Waals surface area contributed by atoms with Crippen LogP contribution in [-0.4, -0.2) is 64.9 Å². The number of Topliss-reactive ketones (excluding diaryl/α,β-unsaturated/α-hetero) is 1. The maximum Gasteiger partial charge on any atom is 0.360 e. The standard InChI is InChI=1S/C20H18O10/c1-28-13-7-3-11(4-8-13)15(21)20(19(26)27,16(22)17(23)24)30-18(25)12-5-9-14(29-2)10-6-12/h3-10,16,22H,1-2H3,(H,23,24)(H,26,27)/t16-,20-/m0/s1. The van der Waals surface area contributed by atoms with Crippen LogP contribution in [0.4, 0.5) is 0 Å². The molecule has 0 saturated heterocycles. The molecule has 2 atom stereocenters. The Morgan fingerprint density at radius 3 is 1.60 bits per heavy atom. The van der Waals surface area contributed by atoms with Gasteiger partial charge in [0.15, 0.2) is 0 Å². The summed E-state index contributed by atoms with van der Waals surface area (Å²) in [5.74, 6) is -6.27. The number of hydrogen-bond donors (Lipinski definition) is 3. The first kappa shape index (κ1) is 22.4. The zero-order chi connectivity index (χ0) is 22.5. The Hall–Kier alpha value is -3.92. The van der Waals surface area contributed by atoms with E-state index in [4.69, 9.17) is 14.2 Å². The van der Waals surface area contributed by atoms with Crippen LogP contribution < -0.4 is 9.47 Å². The molecule has 10 nitrogen and oxygen atoms in total. The van der Waals surface area contributed by atoms with Gasteiger partial charge in [-0.15, -0.1) is 0 Å². The molecule has 0 aliphatic carbocycles. The Morgan fingerprint density at radius 1 is 0.800 bits per heavy atom. The third kappa shape index (κ3) is 4.23. The molecule has 0 aromatic heterocycles. The average Bonchev–Trinajstić information content (AvgIpc) is 2.76. The van der Waals surface area contributed by atoms with E-state index < -0.39 is 35.4 Å². The number of carboxylic acids is 2. The number of ether oxygens (including phenoxy) is 3. The molecule has 2 aromatic carbocycles. The molecule has 0 saturated carbocycles. The van der Waals surface area contributed by atoms with Crippen molar-refractivity contribution in [2.75, 3.05) is 14.2 Å². The molecule has 0 heterocycles. The van der Waals surface area contributed by atoms with Gasteiger partial charge >= 0.3 is 23.5 Å². The zero-order valence-electron chi connectivity index (χ0n) is 15.9. The fraction of sp³-hybridized carbons (Fsp3) is 0.200. The number of aliphatic hydroxyl groups is 1. The van der Waals surface area contributed by atoms with Crippen molar-refractivity contribution in [2.24, 2.45) is 0 Å². The molecule has 0 radical (unpaired) electrons. The molecule has 0 amide bonds. The monoisotopic (exact) mass is 418 g/mol. The van der Waals surface area contributed by atoms with Gasteiger partial charge in [-0.1, -0.05) is 0 Å². The smallest absolute Gasteiger partial charge is 0.360 e. The van der Waals surface area contributed by atoms with Crippen LogP contribution in [0.2, 0.25) is 0 Å². The summed E-state index contributed by atoms with van der Waals surface area (Å²) < 4.78 is 14.8. The predicted molar refractivity (Wildman–Crippen MR) is 99.7 cm³/mol. The minimum absolute atomic E-state index is 0.193. The van der Waals surface area contributed by atoms with E-state index in [2.05, 4.69) is 0 Å². The Bertz CT molecular complexity index is 949. The minimum Gasteiger partial charge on any atom is -0.497 e. The highest BCUT2D eigenvalue weighted by molar-refractivity contribution is 6.19. The Morgan fingerprint density at radius 2 is 1.23 bits per heavy atom. The van der Waals surface area contributed by atoms with Gasteiger partial charge in [0, 0.05) is 5.56 Å². The van der Waals surface area contributed by atoms with E-state index in [-0.39, 0.29) is 11.1 Å². The van der Waals surface area contributed by atoms with Gasteiger partial charge in [-0.2, -0.15) is 0 Å². The molecule has 0 aliphatic rings. The van der Waals surface area contributed by atoms with Gasteiger partial charge in [-0.25, -0.2) is 14.4 Å². The number of benzene rings is 2. The second kappa shape index (κ2) is 9.05. The van der Waals surface area contributed by atoms with E-state index in [0.29, 0.717) is 11.5 Å². The van der Waals surface area contributed by atoms with Crippen LogP contribution in [0.25, 0.3) is 0 Å². The Kier molecular flexibility index (Phi) is 6.75. The molecular formula is C20H18O10. The number of aliphatic hydroxyl groups excluding tert-OH is 1. The van der Waals surface area contributed by atoms with Gasteiger partial charge in [-0.05, 0) is 48.5 Å². The second-order valence-corrected chi connectivity index (χ2v) is 5.96. The van der Waals surface area contributed by atoms with Gasteiger partial charge < -0.3 is 29.5 Å². The number of ketones is 1. The van der Waals surface area contributed by atoms with E-state index in [1.807, 2.05) is 0 Å². The lowest BCUT2D eigenvalue weighted by atomic mass is 9.86. The maximum absolute atomic E-state index is 13.0. The molecule has 0 unspecified atom stereocenters. The van der Waals surface area contributed by atoms with Crippen molar-refractivity contribution in [3.8, 4) is 11.5 Å². The molecular weight excluding hydrogens is 400 g/mol. The van der Waals surface area contributed by atoms with E-state index >= 15 is 0 Å². The summed E-state index contributed by atoms with van der Waals surface area (Å²) >= 11 is 0. The number of carbonyl (C=O) groups excluding carboxylic acids is 2. The van der Waals surface area contributed by atoms with Crippen molar-refractivity contribution < 1.29 is 48.7 Å². The lowest BCUT2D eigenvalue weighted by molar-refractivity contribution is -0.176. The summed E-state index contributed by atoms with van der Waals surface area (Å²) in [5, 5.41) is 29.0. The van der Waals surface area contributed by atoms with Gasteiger partial charge in [-0.3, -0.25) is 4.79 Å². The summed E-state index contributed by atoms with van der Waals surface area (Å²) in [6.45, 7) is 0. The lowest BCUT2D eigenvalue weighted by Gasteiger charge is -2.30. The van der Waals surface area contributed by atoms with Crippen molar-refractivity contribution in [3.63, 3.8) is 0 Å². The molecule has 30 heavy (non-hydrogen) atoms. The molecule has 0 fully saturated rings. The first-order valence-electron chi connectivity index (χ1n) is 8.37. The van der Waals surface area contributed by atoms with Crippen molar-refractivity contribution in [3.05, 3.63) is 59.7 Å². The van der Waals surface area contributed by atoms with Crippen molar-refractivity contribution in [1.82, 2.24) is 0 Å². The van der Waals surface area contributed by atoms with Crippen molar-refractivity contribution in [2.45, 2.75) is 11.7 Å².